The fourth-order valence-electron chi connectivity index (χ4n) is 3.02. The Morgan fingerprint density at radius 1 is 1.21 bits per heavy atom. The maximum Gasteiger partial charge on any atom is 0.407 e. The highest BCUT2D eigenvalue weighted by Crippen LogP contribution is 2.59. The molecule has 0 spiro atoms. The zero-order chi connectivity index (χ0) is 21.3. The van der Waals surface area contributed by atoms with E-state index in [9.17, 15) is 9.59 Å². The van der Waals surface area contributed by atoms with Crippen LogP contribution in [0.5, 0.6) is 5.75 Å². The van der Waals surface area contributed by atoms with E-state index >= 15 is 0 Å². The molecule has 1 amide bonds. The predicted molar refractivity (Wildman–Crippen MR) is 109 cm³/mol. The molecular weight excluding hydrogens is 374 g/mol. The summed E-state index contributed by atoms with van der Waals surface area (Å²) in [6, 6.07) is 9.53. The number of ether oxygens (including phenoxy) is 4. The van der Waals surface area contributed by atoms with Crippen LogP contribution in [0.25, 0.3) is 0 Å². The number of amides is 1. The number of hydrogen-bond donors (Lipinski definition) is 1. The lowest BCUT2D eigenvalue weighted by atomic mass is 10.1. The number of hydrogen-bond acceptors (Lipinski definition) is 6. The zero-order valence-corrected chi connectivity index (χ0v) is 17.5. The molecule has 0 aromatic heterocycles. The summed E-state index contributed by atoms with van der Waals surface area (Å²) in [4.78, 5) is 23.5. The Kier molecular flexibility index (Phi) is 8.08. The van der Waals surface area contributed by atoms with Crippen molar-refractivity contribution in [3.8, 4) is 5.75 Å². The zero-order valence-electron chi connectivity index (χ0n) is 17.5. The molecule has 7 heteroatoms. The van der Waals surface area contributed by atoms with E-state index in [4.69, 9.17) is 18.9 Å². The van der Waals surface area contributed by atoms with Crippen LogP contribution in [0.2, 0.25) is 0 Å². The normalized spacial score (nSPS) is 22.4. The maximum atomic E-state index is 12.2. The number of nitrogens with one attached hydrogen (secondary N) is 1. The number of carbonyl (C=O) groups excluding carboxylic acids is 2. The molecule has 0 heterocycles. The molecule has 1 N–H and O–H groups in total. The van der Waals surface area contributed by atoms with Gasteiger partial charge in [-0.15, -0.1) is 0 Å². The molecule has 160 valence electrons. The van der Waals surface area contributed by atoms with E-state index in [0.29, 0.717) is 44.8 Å². The second-order valence-electron chi connectivity index (χ2n) is 7.51. The molecule has 2 atom stereocenters. The average Bonchev–Trinajstić information content (AvgIpc) is 3.28. The SMILES string of the molecule is C=C(C)C(=O)OCCCNC(=O)OC1(C)CC1(COCC)COc1ccccc1. The van der Waals surface area contributed by atoms with Crippen LogP contribution in [-0.4, -0.2) is 50.6 Å². The van der Waals surface area contributed by atoms with Gasteiger partial charge in [0.1, 0.15) is 18.0 Å². The molecule has 0 aliphatic heterocycles. The van der Waals surface area contributed by atoms with Crippen LogP contribution in [-0.2, 0) is 19.0 Å². The Morgan fingerprint density at radius 3 is 2.59 bits per heavy atom. The van der Waals surface area contributed by atoms with Gasteiger partial charge in [-0.3, -0.25) is 0 Å². The summed E-state index contributed by atoms with van der Waals surface area (Å²) in [5, 5.41) is 2.69. The van der Waals surface area contributed by atoms with Gasteiger partial charge in [0.05, 0.1) is 18.6 Å². The number of alkyl carbamates (subject to hydrolysis) is 1. The molecule has 2 rings (SSSR count). The standard InChI is InChI=1S/C22H31NO6/c1-5-26-15-22(16-28-18-10-7-6-8-11-18)14-21(22,4)29-20(25)23-12-9-13-27-19(24)17(2)3/h6-8,10-11H,2,5,9,12-16H2,1,3-4H3,(H,23,25). The van der Waals surface area contributed by atoms with Crippen LogP contribution in [0.15, 0.2) is 42.5 Å². The minimum absolute atomic E-state index is 0.211. The summed E-state index contributed by atoms with van der Waals surface area (Å²) >= 11 is 0. The van der Waals surface area contributed by atoms with Gasteiger partial charge in [0, 0.05) is 25.1 Å². The van der Waals surface area contributed by atoms with E-state index in [1.54, 1.807) is 6.92 Å². The summed E-state index contributed by atoms with van der Waals surface area (Å²) in [5.74, 6) is 0.337. The molecule has 2 unspecified atom stereocenters. The molecule has 7 nitrogen and oxygen atoms in total. The molecule has 29 heavy (non-hydrogen) atoms. The molecule has 1 aromatic carbocycles. The Hall–Kier alpha value is -2.54. The van der Waals surface area contributed by atoms with Gasteiger partial charge in [-0.2, -0.15) is 0 Å². The van der Waals surface area contributed by atoms with Crippen molar-refractivity contribution in [2.24, 2.45) is 5.41 Å². The molecule has 1 aromatic rings. The highest BCUT2D eigenvalue weighted by atomic mass is 16.6. The topological polar surface area (TPSA) is 83.1 Å². The van der Waals surface area contributed by atoms with E-state index < -0.39 is 17.7 Å². The third kappa shape index (κ3) is 6.49. The monoisotopic (exact) mass is 405 g/mol. The summed E-state index contributed by atoms with van der Waals surface area (Å²) in [7, 11) is 0. The Balaban J connectivity index is 1.78. The van der Waals surface area contributed by atoms with Crippen molar-refractivity contribution in [2.75, 3.05) is 33.0 Å². The Morgan fingerprint density at radius 2 is 1.93 bits per heavy atom. The summed E-state index contributed by atoms with van der Waals surface area (Å²) in [5.41, 5.74) is -0.692. The van der Waals surface area contributed by atoms with Gasteiger partial charge in [-0.05, 0) is 39.3 Å². The van der Waals surface area contributed by atoms with E-state index in [-0.39, 0.29) is 12.0 Å². The van der Waals surface area contributed by atoms with Crippen molar-refractivity contribution in [1.82, 2.24) is 5.32 Å². The first-order valence-corrected chi connectivity index (χ1v) is 9.87. The first kappa shape index (κ1) is 22.7. The molecule has 1 fully saturated rings. The smallest absolute Gasteiger partial charge is 0.407 e. The van der Waals surface area contributed by atoms with E-state index in [1.807, 2.05) is 44.2 Å². The molecule has 0 radical (unpaired) electrons. The lowest BCUT2D eigenvalue weighted by molar-refractivity contribution is -0.138. The largest absolute Gasteiger partial charge is 0.493 e. The van der Waals surface area contributed by atoms with Gasteiger partial charge >= 0.3 is 12.1 Å². The van der Waals surface area contributed by atoms with Crippen LogP contribution in [0, 0.1) is 5.41 Å². The van der Waals surface area contributed by atoms with Gasteiger partial charge in [-0.1, -0.05) is 24.8 Å². The van der Waals surface area contributed by atoms with Crippen molar-refractivity contribution in [3.63, 3.8) is 0 Å². The fraction of sp³-hybridized carbons (Fsp3) is 0.545. The van der Waals surface area contributed by atoms with E-state index in [0.717, 1.165) is 5.75 Å². The second kappa shape index (κ2) is 10.3. The number of carbonyl (C=O) groups is 2. The minimum atomic E-state index is -0.659. The predicted octanol–water partition coefficient (Wildman–Crippen LogP) is 3.49. The third-order valence-electron chi connectivity index (χ3n) is 5.00. The molecule has 0 saturated heterocycles. The average molecular weight is 405 g/mol. The Bertz CT molecular complexity index is 707. The molecule has 1 saturated carbocycles. The maximum absolute atomic E-state index is 12.2. The first-order chi connectivity index (χ1) is 13.8. The highest BCUT2D eigenvalue weighted by Gasteiger charge is 2.68. The summed E-state index contributed by atoms with van der Waals surface area (Å²) in [6.45, 7) is 10.9. The first-order valence-electron chi connectivity index (χ1n) is 9.87. The number of para-hydroxylation sites is 1. The van der Waals surface area contributed by atoms with E-state index in [1.165, 1.54) is 0 Å². The molecule has 1 aliphatic carbocycles. The molecular formula is C22H31NO6. The van der Waals surface area contributed by atoms with Crippen LogP contribution in [0.4, 0.5) is 4.79 Å². The minimum Gasteiger partial charge on any atom is -0.493 e. The van der Waals surface area contributed by atoms with Crippen LogP contribution in [0.1, 0.15) is 33.6 Å². The number of rotatable bonds is 12. The third-order valence-corrected chi connectivity index (χ3v) is 5.00. The number of esters is 1. The van der Waals surface area contributed by atoms with Crippen LogP contribution in [0.3, 0.4) is 0 Å². The Labute approximate surface area is 172 Å². The van der Waals surface area contributed by atoms with E-state index in [2.05, 4.69) is 11.9 Å². The van der Waals surface area contributed by atoms with Gasteiger partial charge in [0.2, 0.25) is 0 Å². The number of benzene rings is 1. The van der Waals surface area contributed by atoms with Gasteiger partial charge in [0.15, 0.2) is 0 Å². The van der Waals surface area contributed by atoms with Crippen LogP contribution >= 0.6 is 0 Å². The van der Waals surface area contributed by atoms with Crippen LogP contribution < -0.4 is 10.1 Å². The lowest BCUT2D eigenvalue weighted by Crippen LogP contribution is -2.36. The van der Waals surface area contributed by atoms with Crippen molar-refractivity contribution >= 4 is 12.1 Å². The van der Waals surface area contributed by atoms with Crippen molar-refractivity contribution in [3.05, 3.63) is 42.5 Å². The highest BCUT2D eigenvalue weighted by molar-refractivity contribution is 5.86. The van der Waals surface area contributed by atoms with Gasteiger partial charge < -0.3 is 24.3 Å². The van der Waals surface area contributed by atoms with Crippen molar-refractivity contribution in [2.45, 2.75) is 39.2 Å². The molecule has 0 bridgehead atoms. The summed E-state index contributed by atoms with van der Waals surface area (Å²) < 4.78 is 22.2. The van der Waals surface area contributed by atoms with Gasteiger partial charge in [-0.25, -0.2) is 9.59 Å². The van der Waals surface area contributed by atoms with Crippen molar-refractivity contribution in [1.29, 1.82) is 0 Å². The fourth-order valence-corrected chi connectivity index (χ4v) is 3.02. The second-order valence-corrected chi connectivity index (χ2v) is 7.51. The van der Waals surface area contributed by atoms with Gasteiger partial charge in [0.25, 0.3) is 0 Å². The summed E-state index contributed by atoms with van der Waals surface area (Å²) in [6.07, 6.45) is 0.652. The lowest BCUT2D eigenvalue weighted by Gasteiger charge is -2.23. The van der Waals surface area contributed by atoms with Crippen molar-refractivity contribution < 1.29 is 28.5 Å². The quantitative estimate of drug-likeness (QED) is 0.326. The molecule has 1 aliphatic rings.